The quantitative estimate of drug-likeness (QED) is 0.613. The molecule has 0 N–H and O–H groups in total. The van der Waals surface area contributed by atoms with E-state index >= 15 is 0 Å². The third-order valence-electron chi connectivity index (χ3n) is 1.82. The van der Waals surface area contributed by atoms with Crippen LogP contribution < -0.4 is 0 Å². The van der Waals surface area contributed by atoms with Crippen LogP contribution in [0.4, 0.5) is 8.78 Å². The fraction of sp³-hybridized carbons (Fsp3) is 0.333. The third kappa shape index (κ3) is 2.76. The Morgan fingerprint density at radius 1 is 1.62 bits per heavy atom. The number of methoxy groups -OCH3 is 1. The summed E-state index contributed by atoms with van der Waals surface area (Å²) in [6.45, 7) is 0. The van der Waals surface area contributed by atoms with Gasteiger partial charge in [0.1, 0.15) is 5.69 Å². The minimum Gasteiger partial charge on any atom is -0.465 e. The van der Waals surface area contributed by atoms with Gasteiger partial charge in [-0.3, -0.25) is 0 Å². The van der Waals surface area contributed by atoms with Crippen LogP contribution in [0.2, 0.25) is 0 Å². The predicted molar refractivity (Wildman–Crippen MR) is 60.9 cm³/mol. The molecule has 0 saturated heterocycles. The second-order valence-corrected chi connectivity index (χ2v) is 4.19. The smallest absolute Gasteiger partial charge is 0.339 e. The molecule has 0 aliphatic rings. The van der Waals surface area contributed by atoms with E-state index in [1.54, 1.807) is 0 Å². The van der Waals surface area contributed by atoms with Crippen LogP contribution in [0, 0.1) is 0 Å². The van der Waals surface area contributed by atoms with Crippen LogP contribution >= 0.6 is 31.9 Å². The van der Waals surface area contributed by atoms with Gasteiger partial charge in [-0.15, -0.1) is 0 Å². The largest absolute Gasteiger partial charge is 0.465 e. The van der Waals surface area contributed by atoms with Gasteiger partial charge in [0.15, 0.2) is 0 Å². The number of hydrogen-bond acceptors (Lipinski definition) is 3. The van der Waals surface area contributed by atoms with Gasteiger partial charge in [0.2, 0.25) is 0 Å². The van der Waals surface area contributed by atoms with Crippen molar-refractivity contribution >= 4 is 37.8 Å². The summed E-state index contributed by atoms with van der Waals surface area (Å²) in [6.07, 6.45) is -2.82. The Morgan fingerprint density at radius 3 is 2.69 bits per heavy atom. The molecule has 0 aliphatic heterocycles. The lowest BCUT2D eigenvalue weighted by Crippen LogP contribution is -2.10. The molecule has 7 heteroatoms. The van der Waals surface area contributed by atoms with Crippen molar-refractivity contribution in [3.63, 3.8) is 0 Å². The lowest BCUT2D eigenvalue weighted by Gasteiger charge is -2.09. The van der Waals surface area contributed by atoms with Gasteiger partial charge in [0.05, 0.1) is 18.4 Å². The maximum atomic E-state index is 12.7. The van der Waals surface area contributed by atoms with Crippen molar-refractivity contribution in [2.45, 2.75) is 11.8 Å². The molecule has 3 nitrogen and oxygen atoms in total. The van der Waals surface area contributed by atoms with Crippen molar-refractivity contribution in [2.75, 3.05) is 7.11 Å². The van der Waals surface area contributed by atoms with Gasteiger partial charge in [-0.05, 0) is 22.0 Å². The Hall–Kier alpha value is -0.560. The summed E-state index contributed by atoms with van der Waals surface area (Å²) in [6, 6.07) is 1.29. The van der Waals surface area contributed by atoms with E-state index in [0.29, 0.717) is 15.5 Å². The van der Waals surface area contributed by atoms with Crippen molar-refractivity contribution in [2.24, 2.45) is 0 Å². The number of rotatable bonds is 3. The summed E-state index contributed by atoms with van der Waals surface area (Å²) < 4.78 is 30.2. The van der Waals surface area contributed by atoms with E-state index in [1.165, 1.54) is 6.07 Å². The molecular weight excluding hydrogens is 352 g/mol. The summed E-state index contributed by atoms with van der Waals surface area (Å²) in [5.41, 5.74) is -0.387. The highest BCUT2D eigenvalue weighted by Gasteiger charge is 2.22. The van der Waals surface area contributed by atoms with E-state index in [4.69, 9.17) is 0 Å². The number of alkyl halides is 3. The number of carbonyl (C=O) groups excluding carboxylic acids is 1. The van der Waals surface area contributed by atoms with Crippen LogP contribution in [0.5, 0.6) is 0 Å². The van der Waals surface area contributed by atoms with Crippen LogP contribution in [-0.4, -0.2) is 18.1 Å². The topological polar surface area (TPSA) is 39.2 Å². The van der Waals surface area contributed by atoms with Crippen molar-refractivity contribution in [3.05, 3.63) is 27.5 Å². The highest BCUT2D eigenvalue weighted by molar-refractivity contribution is 9.10. The molecule has 0 amide bonds. The molecule has 0 aliphatic carbocycles. The second-order valence-electron chi connectivity index (χ2n) is 2.78. The molecule has 1 aromatic rings. The van der Waals surface area contributed by atoms with Crippen LogP contribution in [0.25, 0.3) is 0 Å². The number of esters is 1. The SMILES string of the molecule is COC(=O)c1cc(Br)c(CBr)nc1C(F)F. The summed E-state index contributed by atoms with van der Waals surface area (Å²) in [4.78, 5) is 15.0. The molecule has 1 heterocycles. The molecule has 16 heavy (non-hydrogen) atoms. The molecule has 0 atom stereocenters. The van der Waals surface area contributed by atoms with Gasteiger partial charge >= 0.3 is 5.97 Å². The Morgan fingerprint density at radius 2 is 2.25 bits per heavy atom. The molecule has 0 saturated carbocycles. The number of ether oxygens (including phenoxy) is 1. The molecule has 1 rings (SSSR count). The lowest BCUT2D eigenvalue weighted by atomic mass is 10.2. The zero-order chi connectivity index (χ0) is 12.3. The Balaban J connectivity index is 3.36. The Bertz CT molecular complexity index is 413. The van der Waals surface area contributed by atoms with E-state index < -0.39 is 18.1 Å². The number of halogens is 4. The first-order chi connectivity index (χ1) is 7.51. The van der Waals surface area contributed by atoms with Crippen molar-refractivity contribution in [1.29, 1.82) is 0 Å². The highest BCUT2D eigenvalue weighted by Crippen LogP contribution is 2.27. The normalized spacial score (nSPS) is 10.6. The van der Waals surface area contributed by atoms with Gasteiger partial charge in [0.25, 0.3) is 6.43 Å². The van der Waals surface area contributed by atoms with Crippen LogP contribution in [-0.2, 0) is 10.1 Å². The van der Waals surface area contributed by atoms with Gasteiger partial charge in [-0.1, -0.05) is 15.9 Å². The maximum absolute atomic E-state index is 12.7. The van der Waals surface area contributed by atoms with E-state index in [2.05, 4.69) is 41.6 Å². The zero-order valence-corrected chi connectivity index (χ0v) is 11.3. The number of hydrogen-bond donors (Lipinski definition) is 0. The van der Waals surface area contributed by atoms with Crippen LogP contribution in [0.1, 0.15) is 28.2 Å². The molecule has 0 fully saturated rings. The molecule has 1 aromatic heterocycles. The summed E-state index contributed by atoms with van der Waals surface area (Å²) in [5.74, 6) is -0.829. The summed E-state index contributed by atoms with van der Waals surface area (Å²) in [5, 5.41) is 0.314. The van der Waals surface area contributed by atoms with Crippen molar-refractivity contribution in [1.82, 2.24) is 4.98 Å². The van der Waals surface area contributed by atoms with E-state index in [0.717, 1.165) is 7.11 Å². The fourth-order valence-corrected chi connectivity index (χ4v) is 2.34. The second kappa shape index (κ2) is 5.67. The first-order valence-electron chi connectivity index (χ1n) is 4.13. The fourth-order valence-electron chi connectivity index (χ4n) is 1.08. The minimum atomic E-state index is -2.82. The molecule has 0 radical (unpaired) electrons. The predicted octanol–water partition coefficient (Wildman–Crippen LogP) is 3.46. The summed E-state index contributed by atoms with van der Waals surface area (Å²) in [7, 11) is 1.13. The molecular formula is C9H7Br2F2NO2. The monoisotopic (exact) mass is 357 g/mol. The first-order valence-corrected chi connectivity index (χ1v) is 6.04. The van der Waals surface area contributed by atoms with E-state index in [-0.39, 0.29) is 5.56 Å². The molecule has 0 aromatic carbocycles. The molecule has 0 bridgehead atoms. The van der Waals surface area contributed by atoms with E-state index in [9.17, 15) is 13.6 Å². The minimum absolute atomic E-state index is 0.228. The number of nitrogens with zero attached hydrogens (tertiary/aromatic N) is 1. The van der Waals surface area contributed by atoms with Gasteiger partial charge in [0, 0.05) is 9.80 Å². The first kappa shape index (κ1) is 13.5. The molecule has 88 valence electrons. The number of pyridine rings is 1. The summed E-state index contributed by atoms with van der Waals surface area (Å²) >= 11 is 6.26. The van der Waals surface area contributed by atoms with Gasteiger partial charge < -0.3 is 4.74 Å². The molecule has 0 unspecified atom stereocenters. The Kier molecular flexibility index (Phi) is 4.79. The Labute approximate surface area is 107 Å². The average Bonchev–Trinajstić information content (AvgIpc) is 2.27. The number of aromatic nitrogens is 1. The highest BCUT2D eigenvalue weighted by atomic mass is 79.9. The van der Waals surface area contributed by atoms with Gasteiger partial charge in [-0.25, -0.2) is 18.6 Å². The number of carbonyl (C=O) groups is 1. The standard InChI is InChI=1S/C9H7Br2F2NO2/c1-16-9(15)4-2-5(11)6(3-10)14-7(4)8(12)13/h2,8H,3H2,1H3. The van der Waals surface area contributed by atoms with Crippen molar-refractivity contribution < 1.29 is 18.3 Å². The van der Waals surface area contributed by atoms with Crippen LogP contribution in [0.3, 0.4) is 0 Å². The zero-order valence-electron chi connectivity index (χ0n) is 8.14. The molecule has 0 spiro atoms. The van der Waals surface area contributed by atoms with Crippen molar-refractivity contribution in [3.8, 4) is 0 Å². The third-order valence-corrected chi connectivity index (χ3v) is 3.03. The van der Waals surface area contributed by atoms with Gasteiger partial charge in [-0.2, -0.15) is 0 Å². The maximum Gasteiger partial charge on any atom is 0.339 e. The average molecular weight is 359 g/mol. The van der Waals surface area contributed by atoms with Crippen LogP contribution in [0.15, 0.2) is 10.5 Å². The lowest BCUT2D eigenvalue weighted by molar-refractivity contribution is 0.0587. The van der Waals surface area contributed by atoms with E-state index in [1.807, 2.05) is 0 Å².